The predicted octanol–water partition coefficient (Wildman–Crippen LogP) is 1.52. The number of aromatic nitrogens is 2. The zero-order valence-electron chi connectivity index (χ0n) is 9.86. The SMILES string of the molecule is CCCCNc1ncc2c(n1)OCCN2C. The van der Waals surface area contributed by atoms with Crippen LogP contribution in [0.25, 0.3) is 0 Å². The number of rotatable bonds is 4. The van der Waals surface area contributed by atoms with Gasteiger partial charge in [-0.1, -0.05) is 13.3 Å². The van der Waals surface area contributed by atoms with Gasteiger partial charge in [-0.2, -0.15) is 4.98 Å². The van der Waals surface area contributed by atoms with Gasteiger partial charge in [-0.15, -0.1) is 0 Å². The van der Waals surface area contributed by atoms with Crippen LogP contribution in [-0.4, -0.2) is 36.7 Å². The summed E-state index contributed by atoms with van der Waals surface area (Å²) in [5, 5.41) is 3.19. The third-order valence-electron chi connectivity index (χ3n) is 2.63. The maximum Gasteiger partial charge on any atom is 0.242 e. The second-order valence-electron chi connectivity index (χ2n) is 3.93. The van der Waals surface area contributed by atoms with Gasteiger partial charge in [-0.05, 0) is 6.42 Å². The second kappa shape index (κ2) is 5.01. The molecule has 0 atom stereocenters. The molecule has 1 aromatic rings. The molecule has 2 heterocycles. The van der Waals surface area contributed by atoms with E-state index in [4.69, 9.17) is 4.74 Å². The molecule has 0 fully saturated rings. The summed E-state index contributed by atoms with van der Waals surface area (Å²) >= 11 is 0. The third kappa shape index (κ3) is 2.35. The Hall–Kier alpha value is -1.52. The fraction of sp³-hybridized carbons (Fsp3) is 0.636. The van der Waals surface area contributed by atoms with E-state index >= 15 is 0 Å². The molecule has 0 saturated carbocycles. The summed E-state index contributed by atoms with van der Waals surface area (Å²) in [5.74, 6) is 1.34. The number of nitrogens with zero attached hydrogens (tertiary/aromatic N) is 3. The quantitative estimate of drug-likeness (QED) is 0.783. The first-order valence-electron chi connectivity index (χ1n) is 5.76. The van der Waals surface area contributed by atoms with Crippen LogP contribution in [0.3, 0.4) is 0 Å². The molecule has 5 nitrogen and oxygen atoms in total. The Kier molecular flexibility index (Phi) is 3.44. The van der Waals surface area contributed by atoms with E-state index in [2.05, 4.69) is 27.1 Å². The van der Waals surface area contributed by atoms with Gasteiger partial charge in [-0.25, -0.2) is 4.98 Å². The molecule has 1 aromatic heterocycles. The molecule has 0 saturated heterocycles. The van der Waals surface area contributed by atoms with Crippen LogP contribution in [0.15, 0.2) is 6.20 Å². The molecule has 88 valence electrons. The van der Waals surface area contributed by atoms with Crippen LogP contribution < -0.4 is 15.0 Å². The van der Waals surface area contributed by atoms with Crippen molar-refractivity contribution in [2.24, 2.45) is 0 Å². The van der Waals surface area contributed by atoms with Crippen LogP contribution >= 0.6 is 0 Å². The van der Waals surface area contributed by atoms with E-state index in [0.717, 1.165) is 31.6 Å². The van der Waals surface area contributed by atoms with Crippen LogP contribution in [0.4, 0.5) is 11.6 Å². The van der Waals surface area contributed by atoms with Crippen LogP contribution in [0, 0.1) is 0 Å². The Labute approximate surface area is 95.8 Å². The second-order valence-corrected chi connectivity index (χ2v) is 3.93. The lowest BCUT2D eigenvalue weighted by Gasteiger charge is -2.26. The zero-order valence-corrected chi connectivity index (χ0v) is 9.86. The third-order valence-corrected chi connectivity index (χ3v) is 2.63. The van der Waals surface area contributed by atoms with Crippen LogP contribution in [0.5, 0.6) is 5.88 Å². The van der Waals surface area contributed by atoms with Crippen LogP contribution in [0.1, 0.15) is 19.8 Å². The minimum absolute atomic E-state index is 0.655. The summed E-state index contributed by atoms with van der Waals surface area (Å²) in [7, 11) is 2.02. The van der Waals surface area contributed by atoms with Crippen molar-refractivity contribution in [1.29, 1.82) is 0 Å². The van der Waals surface area contributed by atoms with Gasteiger partial charge in [-0.3, -0.25) is 0 Å². The fourth-order valence-corrected chi connectivity index (χ4v) is 1.59. The van der Waals surface area contributed by atoms with E-state index in [-0.39, 0.29) is 0 Å². The molecule has 0 amide bonds. The number of likely N-dealkylation sites (N-methyl/N-ethyl adjacent to an activating group) is 1. The highest BCUT2D eigenvalue weighted by Crippen LogP contribution is 2.28. The van der Waals surface area contributed by atoms with Crippen molar-refractivity contribution >= 4 is 11.6 Å². The van der Waals surface area contributed by atoms with Gasteiger partial charge in [0, 0.05) is 13.6 Å². The van der Waals surface area contributed by atoms with E-state index in [0.29, 0.717) is 18.4 Å². The number of hydrogen-bond acceptors (Lipinski definition) is 5. The van der Waals surface area contributed by atoms with Crippen molar-refractivity contribution in [2.45, 2.75) is 19.8 Å². The highest BCUT2D eigenvalue weighted by molar-refractivity contribution is 5.56. The Morgan fingerprint density at radius 1 is 1.56 bits per heavy atom. The number of fused-ring (bicyclic) bond motifs is 1. The summed E-state index contributed by atoms with van der Waals surface area (Å²) in [5.41, 5.74) is 0.965. The van der Waals surface area contributed by atoms with Gasteiger partial charge in [0.05, 0.1) is 12.7 Å². The van der Waals surface area contributed by atoms with Gasteiger partial charge >= 0.3 is 0 Å². The van der Waals surface area contributed by atoms with Gasteiger partial charge in [0.1, 0.15) is 12.3 Å². The van der Waals surface area contributed by atoms with E-state index < -0.39 is 0 Å². The maximum atomic E-state index is 5.51. The largest absolute Gasteiger partial charge is 0.474 e. The van der Waals surface area contributed by atoms with Crippen LogP contribution in [-0.2, 0) is 0 Å². The molecule has 16 heavy (non-hydrogen) atoms. The minimum Gasteiger partial charge on any atom is -0.474 e. The normalized spacial score (nSPS) is 14.2. The number of anilines is 2. The molecule has 0 spiro atoms. The highest BCUT2D eigenvalue weighted by Gasteiger charge is 2.17. The minimum atomic E-state index is 0.655. The van der Waals surface area contributed by atoms with Crippen molar-refractivity contribution < 1.29 is 4.74 Å². The Morgan fingerprint density at radius 2 is 2.44 bits per heavy atom. The summed E-state index contributed by atoms with van der Waals surface area (Å²) in [6.45, 7) is 4.65. The van der Waals surface area contributed by atoms with Crippen molar-refractivity contribution in [3.05, 3.63) is 6.20 Å². The molecule has 0 aliphatic carbocycles. The first-order chi connectivity index (χ1) is 7.81. The van der Waals surface area contributed by atoms with Crippen molar-refractivity contribution in [2.75, 3.05) is 37.0 Å². The number of unbranched alkanes of at least 4 members (excludes halogenated alkanes) is 1. The average molecular weight is 222 g/mol. The van der Waals surface area contributed by atoms with Gasteiger partial charge in [0.15, 0.2) is 0 Å². The fourth-order valence-electron chi connectivity index (χ4n) is 1.59. The molecule has 0 radical (unpaired) electrons. The molecule has 2 rings (SSSR count). The van der Waals surface area contributed by atoms with Gasteiger partial charge in [0.25, 0.3) is 0 Å². The molecule has 5 heteroatoms. The summed E-state index contributed by atoms with van der Waals surface area (Å²) in [4.78, 5) is 10.7. The first-order valence-corrected chi connectivity index (χ1v) is 5.76. The molecular formula is C11H18N4O. The first kappa shape index (κ1) is 11.0. The molecule has 1 aliphatic rings. The summed E-state index contributed by atoms with van der Waals surface area (Å²) in [6.07, 6.45) is 4.11. The van der Waals surface area contributed by atoms with E-state index in [1.807, 2.05) is 13.2 Å². The number of nitrogens with one attached hydrogen (secondary N) is 1. The zero-order chi connectivity index (χ0) is 11.4. The van der Waals surface area contributed by atoms with Crippen LogP contribution in [0.2, 0.25) is 0 Å². The van der Waals surface area contributed by atoms with E-state index in [1.165, 1.54) is 0 Å². The van der Waals surface area contributed by atoms with E-state index in [9.17, 15) is 0 Å². The Morgan fingerprint density at radius 3 is 3.25 bits per heavy atom. The monoisotopic (exact) mass is 222 g/mol. The highest BCUT2D eigenvalue weighted by atomic mass is 16.5. The van der Waals surface area contributed by atoms with Crippen molar-refractivity contribution in [3.63, 3.8) is 0 Å². The number of ether oxygens (including phenoxy) is 1. The smallest absolute Gasteiger partial charge is 0.242 e. The molecule has 0 bridgehead atoms. The standard InChI is InChI=1S/C11H18N4O/c1-3-4-5-12-11-13-8-9-10(14-11)16-7-6-15(9)2/h8H,3-7H2,1-2H3,(H,12,13,14). The van der Waals surface area contributed by atoms with Gasteiger partial charge in [0.2, 0.25) is 11.8 Å². The molecule has 0 aromatic carbocycles. The van der Waals surface area contributed by atoms with Crippen molar-refractivity contribution in [1.82, 2.24) is 9.97 Å². The molecule has 1 aliphatic heterocycles. The van der Waals surface area contributed by atoms with E-state index in [1.54, 1.807) is 0 Å². The summed E-state index contributed by atoms with van der Waals surface area (Å²) < 4.78 is 5.51. The maximum absolute atomic E-state index is 5.51. The predicted molar refractivity (Wildman–Crippen MR) is 64.2 cm³/mol. The molecule has 1 N–H and O–H groups in total. The van der Waals surface area contributed by atoms with Crippen molar-refractivity contribution in [3.8, 4) is 5.88 Å². The lowest BCUT2D eigenvalue weighted by Crippen LogP contribution is -2.29. The van der Waals surface area contributed by atoms with Gasteiger partial charge < -0.3 is 15.0 Å². The lowest BCUT2D eigenvalue weighted by molar-refractivity contribution is 0.298. The lowest BCUT2D eigenvalue weighted by atomic mass is 10.3. The Bertz CT molecular complexity index is 356. The number of hydrogen-bond donors (Lipinski definition) is 1. The molecule has 0 unspecified atom stereocenters. The topological polar surface area (TPSA) is 50.3 Å². The summed E-state index contributed by atoms with van der Waals surface area (Å²) in [6, 6.07) is 0. The molecular weight excluding hydrogens is 204 g/mol. The average Bonchev–Trinajstić information content (AvgIpc) is 2.30. The Balaban J connectivity index is 2.06.